The molecule has 76 valence electrons. The van der Waals surface area contributed by atoms with Gasteiger partial charge in [-0.15, -0.1) is 0 Å². The maximum Gasteiger partial charge on any atom is 0.00446 e. The van der Waals surface area contributed by atoms with Crippen molar-refractivity contribution in [2.45, 2.75) is 44.6 Å². The Balaban J connectivity index is 1.92. The van der Waals surface area contributed by atoms with Crippen LogP contribution in [0.3, 0.4) is 0 Å². The maximum atomic E-state index is 6.05. The molecule has 0 aliphatic heterocycles. The highest BCUT2D eigenvalue weighted by Gasteiger charge is 2.26. The molecular formula is C13H19N. The van der Waals surface area contributed by atoms with Crippen molar-refractivity contribution in [3.8, 4) is 0 Å². The van der Waals surface area contributed by atoms with Crippen molar-refractivity contribution in [1.29, 1.82) is 0 Å². The van der Waals surface area contributed by atoms with Gasteiger partial charge in [0.15, 0.2) is 0 Å². The molecule has 0 amide bonds. The van der Waals surface area contributed by atoms with Gasteiger partial charge in [0, 0.05) is 6.04 Å². The summed E-state index contributed by atoms with van der Waals surface area (Å²) in [6, 6.07) is 9.15. The molecule has 14 heavy (non-hydrogen) atoms. The van der Waals surface area contributed by atoms with Gasteiger partial charge in [-0.25, -0.2) is 0 Å². The van der Waals surface area contributed by atoms with Crippen LogP contribution in [-0.4, -0.2) is 6.04 Å². The predicted molar refractivity (Wildman–Crippen MR) is 60.4 cm³/mol. The fourth-order valence-electron chi connectivity index (χ4n) is 2.43. The smallest absolute Gasteiger partial charge is 0.00446 e. The SMILES string of the molecule is CCCC(N)CC1Cc2ccccc21. The zero-order valence-corrected chi connectivity index (χ0v) is 8.87. The molecule has 2 atom stereocenters. The highest BCUT2D eigenvalue weighted by molar-refractivity contribution is 5.39. The summed E-state index contributed by atoms with van der Waals surface area (Å²) in [6.07, 6.45) is 4.78. The van der Waals surface area contributed by atoms with Crippen molar-refractivity contribution in [1.82, 2.24) is 0 Å². The van der Waals surface area contributed by atoms with Gasteiger partial charge in [-0.2, -0.15) is 0 Å². The van der Waals surface area contributed by atoms with Gasteiger partial charge in [-0.3, -0.25) is 0 Å². The number of hydrogen-bond acceptors (Lipinski definition) is 1. The minimum atomic E-state index is 0.401. The third kappa shape index (κ3) is 1.83. The Morgan fingerprint density at radius 1 is 1.43 bits per heavy atom. The van der Waals surface area contributed by atoms with E-state index >= 15 is 0 Å². The number of hydrogen-bond donors (Lipinski definition) is 1. The average molecular weight is 189 g/mol. The number of nitrogens with two attached hydrogens (primary N) is 1. The lowest BCUT2D eigenvalue weighted by Crippen LogP contribution is -2.27. The lowest BCUT2D eigenvalue weighted by molar-refractivity contribution is 0.464. The second kappa shape index (κ2) is 4.14. The first-order valence-corrected chi connectivity index (χ1v) is 5.64. The fraction of sp³-hybridized carbons (Fsp3) is 0.538. The van der Waals surface area contributed by atoms with Gasteiger partial charge in [0.05, 0.1) is 0 Å². The summed E-state index contributed by atoms with van der Waals surface area (Å²) in [6.45, 7) is 2.20. The highest BCUT2D eigenvalue weighted by Crippen LogP contribution is 2.37. The maximum absolute atomic E-state index is 6.05. The molecule has 1 aromatic rings. The molecule has 0 radical (unpaired) electrons. The van der Waals surface area contributed by atoms with Crippen LogP contribution in [0.4, 0.5) is 0 Å². The Hall–Kier alpha value is -0.820. The standard InChI is InChI=1S/C13H19N/c1-2-5-12(14)9-11-8-10-6-3-4-7-13(10)11/h3-4,6-7,11-12H,2,5,8-9,14H2,1H3. The van der Waals surface area contributed by atoms with Gasteiger partial charge in [-0.1, -0.05) is 37.6 Å². The van der Waals surface area contributed by atoms with Crippen molar-refractivity contribution in [2.24, 2.45) is 5.73 Å². The number of benzene rings is 1. The summed E-state index contributed by atoms with van der Waals surface area (Å²) in [7, 11) is 0. The molecule has 0 saturated carbocycles. The molecule has 1 nitrogen and oxygen atoms in total. The molecule has 1 aliphatic carbocycles. The van der Waals surface area contributed by atoms with E-state index in [0.29, 0.717) is 6.04 Å². The Kier molecular flexibility index (Phi) is 2.87. The van der Waals surface area contributed by atoms with Crippen LogP contribution in [0.2, 0.25) is 0 Å². The Bertz CT molecular complexity index is 306. The third-order valence-electron chi connectivity index (χ3n) is 3.21. The van der Waals surface area contributed by atoms with E-state index in [-0.39, 0.29) is 0 Å². The van der Waals surface area contributed by atoms with Crippen molar-refractivity contribution >= 4 is 0 Å². The van der Waals surface area contributed by atoms with E-state index in [1.54, 1.807) is 5.56 Å². The fourth-order valence-corrected chi connectivity index (χ4v) is 2.43. The van der Waals surface area contributed by atoms with Crippen molar-refractivity contribution in [3.63, 3.8) is 0 Å². The molecule has 2 N–H and O–H groups in total. The van der Waals surface area contributed by atoms with Crippen LogP contribution in [0.15, 0.2) is 24.3 Å². The van der Waals surface area contributed by atoms with Gasteiger partial charge < -0.3 is 5.73 Å². The first kappa shape index (κ1) is 9.72. The molecule has 1 heteroatoms. The van der Waals surface area contributed by atoms with E-state index in [1.807, 2.05) is 0 Å². The summed E-state index contributed by atoms with van der Waals surface area (Å²) < 4.78 is 0. The molecule has 1 aliphatic rings. The predicted octanol–water partition coefficient (Wildman–Crippen LogP) is 2.84. The molecule has 0 saturated heterocycles. The van der Waals surface area contributed by atoms with Gasteiger partial charge >= 0.3 is 0 Å². The summed E-state index contributed by atoms with van der Waals surface area (Å²) in [5.74, 6) is 0.743. The van der Waals surface area contributed by atoms with Gasteiger partial charge in [0.2, 0.25) is 0 Å². The highest BCUT2D eigenvalue weighted by atomic mass is 14.6. The van der Waals surface area contributed by atoms with Crippen molar-refractivity contribution < 1.29 is 0 Å². The Labute approximate surface area is 86.3 Å². The molecule has 2 unspecified atom stereocenters. The van der Waals surface area contributed by atoms with Gasteiger partial charge in [-0.05, 0) is 36.3 Å². The largest absolute Gasteiger partial charge is 0.328 e. The molecule has 2 rings (SSSR count). The molecule has 0 fully saturated rings. The van der Waals surface area contributed by atoms with Gasteiger partial charge in [0.25, 0.3) is 0 Å². The first-order valence-electron chi connectivity index (χ1n) is 5.64. The lowest BCUT2D eigenvalue weighted by atomic mass is 9.74. The van der Waals surface area contributed by atoms with E-state index in [0.717, 1.165) is 5.92 Å². The van der Waals surface area contributed by atoms with Crippen LogP contribution >= 0.6 is 0 Å². The summed E-state index contributed by atoms with van der Waals surface area (Å²) in [5, 5.41) is 0. The zero-order chi connectivity index (χ0) is 9.97. The first-order chi connectivity index (χ1) is 6.81. The molecule has 0 bridgehead atoms. The normalized spacial score (nSPS) is 21.1. The average Bonchev–Trinajstić information content (AvgIpc) is 2.15. The Morgan fingerprint density at radius 3 is 2.93 bits per heavy atom. The quantitative estimate of drug-likeness (QED) is 0.774. The van der Waals surface area contributed by atoms with E-state index in [2.05, 4.69) is 31.2 Å². The summed E-state index contributed by atoms with van der Waals surface area (Å²) in [5.41, 5.74) is 9.12. The van der Waals surface area contributed by atoms with Crippen LogP contribution in [-0.2, 0) is 6.42 Å². The molecule has 1 aromatic carbocycles. The van der Waals surface area contributed by atoms with Crippen LogP contribution in [0.1, 0.15) is 43.2 Å². The monoisotopic (exact) mass is 189 g/mol. The number of rotatable bonds is 4. The zero-order valence-electron chi connectivity index (χ0n) is 8.87. The minimum Gasteiger partial charge on any atom is -0.328 e. The number of fused-ring (bicyclic) bond motifs is 1. The van der Waals surface area contributed by atoms with E-state index in [9.17, 15) is 0 Å². The lowest BCUT2D eigenvalue weighted by Gasteiger charge is -2.32. The van der Waals surface area contributed by atoms with E-state index < -0.39 is 0 Å². The van der Waals surface area contributed by atoms with Crippen molar-refractivity contribution in [3.05, 3.63) is 35.4 Å². The third-order valence-corrected chi connectivity index (χ3v) is 3.21. The van der Waals surface area contributed by atoms with E-state index in [4.69, 9.17) is 5.73 Å². The second-order valence-corrected chi connectivity index (χ2v) is 4.38. The van der Waals surface area contributed by atoms with Crippen LogP contribution in [0.25, 0.3) is 0 Å². The molecule has 0 aromatic heterocycles. The second-order valence-electron chi connectivity index (χ2n) is 4.38. The van der Waals surface area contributed by atoms with Crippen molar-refractivity contribution in [2.75, 3.05) is 0 Å². The summed E-state index contributed by atoms with van der Waals surface area (Å²) >= 11 is 0. The van der Waals surface area contributed by atoms with Crippen LogP contribution in [0.5, 0.6) is 0 Å². The van der Waals surface area contributed by atoms with E-state index in [1.165, 1.54) is 31.2 Å². The molecular weight excluding hydrogens is 170 g/mol. The Morgan fingerprint density at radius 2 is 2.21 bits per heavy atom. The molecule has 0 spiro atoms. The van der Waals surface area contributed by atoms with Crippen LogP contribution < -0.4 is 5.73 Å². The molecule has 0 heterocycles. The topological polar surface area (TPSA) is 26.0 Å². The summed E-state index contributed by atoms with van der Waals surface area (Å²) in [4.78, 5) is 0. The minimum absolute atomic E-state index is 0.401. The van der Waals surface area contributed by atoms with Crippen LogP contribution in [0, 0.1) is 0 Å². The van der Waals surface area contributed by atoms with Gasteiger partial charge in [0.1, 0.15) is 0 Å².